The summed E-state index contributed by atoms with van der Waals surface area (Å²) in [6, 6.07) is 0.831. The van der Waals surface area contributed by atoms with E-state index in [0.717, 1.165) is 43.2 Å². The molecule has 3 saturated carbocycles. The average molecular weight is 195 g/mol. The van der Waals surface area contributed by atoms with Gasteiger partial charge in [-0.25, -0.2) is 0 Å². The molecule has 0 aromatic heterocycles. The van der Waals surface area contributed by atoms with Gasteiger partial charge < -0.3 is 10.4 Å². The summed E-state index contributed by atoms with van der Waals surface area (Å²) in [4.78, 5) is 0. The van der Waals surface area contributed by atoms with Crippen molar-refractivity contribution in [2.75, 3.05) is 6.54 Å². The zero-order valence-electron chi connectivity index (χ0n) is 8.78. The molecule has 0 saturated heterocycles. The molecule has 2 N–H and O–H groups in total. The maximum atomic E-state index is 9.42. The first-order chi connectivity index (χ1) is 6.83. The fourth-order valence-electron chi connectivity index (χ4n) is 3.51. The molecule has 0 amide bonds. The van der Waals surface area contributed by atoms with Crippen molar-refractivity contribution in [2.45, 2.75) is 50.7 Å². The van der Waals surface area contributed by atoms with E-state index in [2.05, 4.69) is 5.32 Å². The zero-order valence-corrected chi connectivity index (χ0v) is 8.78. The van der Waals surface area contributed by atoms with Crippen LogP contribution in [0.3, 0.4) is 0 Å². The van der Waals surface area contributed by atoms with Crippen molar-refractivity contribution in [3.05, 3.63) is 0 Å². The van der Waals surface area contributed by atoms with Crippen LogP contribution in [0.5, 0.6) is 0 Å². The van der Waals surface area contributed by atoms with E-state index in [1.807, 2.05) is 0 Å². The number of hydrogen-bond acceptors (Lipinski definition) is 2. The van der Waals surface area contributed by atoms with Crippen molar-refractivity contribution in [3.8, 4) is 0 Å². The first-order valence-electron chi connectivity index (χ1n) is 6.24. The number of aliphatic hydroxyl groups is 1. The highest BCUT2D eigenvalue weighted by Crippen LogP contribution is 2.51. The minimum atomic E-state index is -0.000878. The minimum Gasteiger partial charge on any atom is -0.393 e. The topological polar surface area (TPSA) is 32.3 Å². The van der Waals surface area contributed by atoms with Gasteiger partial charge in [0.2, 0.25) is 0 Å². The smallest absolute Gasteiger partial charge is 0.0543 e. The summed E-state index contributed by atoms with van der Waals surface area (Å²) in [5.41, 5.74) is 0. The molecule has 2 nitrogen and oxygen atoms in total. The summed E-state index contributed by atoms with van der Waals surface area (Å²) in [6.45, 7) is 1.16. The van der Waals surface area contributed by atoms with Crippen LogP contribution in [0.4, 0.5) is 0 Å². The third kappa shape index (κ3) is 1.70. The van der Waals surface area contributed by atoms with Gasteiger partial charge in [0.1, 0.15) is 0 Å². The number of nitrogens with one attached hydrogen (secondary N) is 1. The van der Waals surface area contributed by atoms with E-state index in [-0.39, 0.29) is 6.10 Å². The Labute approximate surface area is 86.1 Å². The highest BCUT2D eigenvalue weighted by molar-refractivity contribution is 5.01. The van der Waals surface area contributed by atoms with Crippen molar-refractivity contribution in [1.29, 1.82) is 0 Å². The van der Waals surface area contributed by atoms with Gasteiger partial charge in [0.05, 0.1) is 6.10 Å². The summed E-state index contributed by atoms with van der Waals surface area (Å²) in [7, 11) is 0. The summed E-state index contributed by atoms with van der Waals surface area (Å²) < 4.78 is 0. The fourth-order valence-corrected chi connectivity index (χ4v) is 3.51. The Morgan fingerprint density at radius 2 is 2.00 bits per heavy atom. The lowest BCUT2D eigenvalue weighted by Crippen LogP contribution is -2.33. The summed E-state index contributed by atoms with van der Waals surface area (Å²) in [5, 5.41) is 13.1. The predicted octanol–water partition coefficient (Wildman–Crippen LogP) is 1.54. The molecule has 0 aromatic carbocycles. The molecule has 5 atom stereocenters. The van der Waals surface area contributed by atoms with Crippen LogP contribution in [0.25, 0.3) is 0 Å². The van der Waals surface area contributed by atoms with Gasteiger partial charge in [0.25, 0.3) is 0 Å². The number of fused-ring (bicyclic) bond motifs is 1. The third-order valence-corrected chi connectivity index (χ3v) is 4.52. The monoisotopic (exact) mass is 195 g/mol. The molecule has 3 aliphatic carbocycles. The molecular weight excluding hydrogens is 174 g/mol. The quantitative estimate of drug-likeness (QED) is 0.716. The lowest BCUT2D eigenvalue weighted by Gasteiger charge is -2.17. The van der Waals surface area contributed by atoms with E-state index in [0.29, 0.717) is 0 Å². The minimum absolute atomic E-state index is 0.000878. The van der Waals surface area contributed by atoms with Gasteiger partial charge in [-0.15, -0.1) is 0 Å². The Balaban J connectivity index is 1.41. The molecule has 14 heavy (non-hydrogen) atoms. The predicted molar refractivity (Wildman–Crippen MR) is 56.0 cm³/mol. The van der Waals surface area contributed by atoms with Crippen LogP contribution in [-0.2, 0) is 0 Å². The van der Waals surface area contributed by atoms with E-state index >= 15 is 0 Å². The standard InChI is InChI=1S/C12H21NO/c14-10-3-1-8(5-10)7-13-12-4-2-9-6-11(9)12/h8-14H,1-7H2. The summed E-state index contributed by atoms with van der Waals surface area (Å²) in [6.07, 6.45) is 7.66. The van der Waals surface area contributed by atoms with Crippen LogP contribution >= 0.6 is 0 Å². The van der Waals surface area contributed by atoms with Gasteiger partial charge in [-0.1, -0.05) is 0 Å². The Morgan fingerprint density at radius 1 is 1.07 bits per heavy atom. The van der Waals surface area contributed by atoms with Gasteiger partial charge in [-0.3, -0.25) is 0 Å². The first kappa shape index (κ1) is 9.17. The highest BCUT2D eigenvalue weighted by Gasteiger charge is 2.47. The molecule has 5 unspecified atom stereocenters. The molecule has 3 aliphatic rings. The lowest BCUT2D eigenvalue weighted by atomic mass is 10.1. The second-order valence-electron chi connectivity index (χ2n) is 5.58. The maximum absolute atomic E-state index is 9.42. The van der Waals surface area contributed by atoms with Gasteiger partial charge in [0.15, 0.2) is 0 Å². The molecule has 3 rings (SSSR count). The molecule has 0 heterocycles. The fraction of sp³-hybridized carbons (Fsp3) is 1.00. The molecule has 2 heteroatoms. The van der Waals surface area contributed by atoms with E-state index < -0.39 is 0 Å². The molecule has 0 spiro atoms. The summed E-state index contributed by atoms with van der Waals surface area (Å²) >= 11 is 0. The molecule has 3 fully saturated rings. The van der Waals surface area contributed by atoms with E-state index in [4.69, 9.17) is 0 Å². The first-order valence-corrected chi connectivity index (χ1v) is 6.24. The van der Waals surface area contributed by atoms with Crippen molar-refractivity contribution in [2.24, 2.45) is 17.8 Å². The van der Waals surface area contributed by atoms with E-state index in [1.165, 1.54) is 25.7 Å². The van der Waals surface area contributed by atoms with E-state index in [1.54, 1.807) is 0 Å². The Morgan fingerprint density at radius 3 is 2.57 bits per heavy atom. The van der Waals surface area contributed by atoms with Crippen LogP contribution in [-0.4, -0.2) is 23.8 Å². The number of rotatable bonds is 3. The second kappa shape index (κ2) is 3.49. The molecule has 80 valence electrons. The van der Waals surface area contributed by atoms with E-state index in [9.17, 15) is 5.11 Å². The van der Waals surface area contributed by atoms with Crippen LogP contribution in [0, 0.1) is 17.8 Å². The van der Waals surface area contributed by atoms with Crippen molar-refractivity contribution >= 4 is 0 Å². The Hall–Kier alpha value is -0.0800. The summed E-state index contributed by atoms with van der Waals surface area (Å²) in [5.74, 6) is 2.87. The SMILES string of the molecule is OC1CCC(CNC2CCC3CC32)C1. The van der Waals surface area contributed by atoms with Crippen LogP contribution in [0.1, 0.15) is 38.5 Å². The van der Waals surface area contributed by atoms with Crippen LogP contribution in [0.2, 0.25) is 0 Å². The van der Waals surface area contributed by atoms with Crippen LogP contribution in [0.15, 0.2) is 0 Å². The Bertz CT molecular complexity index is 218. The number of hydrogen-bond donors (Lipinski definition) is 2. The van der Waals surface area contributed by atoms with Crippen molar-refractivity contribution in [1.82, 2.24) is 5.32 Å². The van der Waals surface area contributed by atoms with Gasteiger partial charge >= 0.3 is 0 Å². The molecule has 0 bridgehead atoms. The molecular formula is C12H21NO. The normalized spacial score (nSPS) is 50.8. The lowest BCUT2D eigenvalue weighted by molar-refractivity contribution is 0.177. The largest absolute Gasteiger partial charge is 0.393 e. The molecule has 0 aromatic rings. The molecule has 0 aliphatic heterocycles. The number of aliphatic hydroxyl groups excluding tert-OH is 1. The Kier molecular flexibility index (Phi) is 2.29. The van der Waals surface area contributed by atoms with Gasteiger partial charge in [0, 0.05) is 6.04 Å². The van der Waals surface area contributed by atoms with Gasteiger partial charge in [-0.2, -0.15) is 0 Å². The zero-order chi connectivity index (χ0) is 9.54. The maximum Gasteiger partial charge on any atom is 0.0543 e. The van der Waals surface area contributed by atoms with Gasteiger partial charge in [-0.05, 0) is 62.8 Å². The van der Waals surface area contributed by atoms with Crippen LogP contribution < -0.4 is 5.32 Å². The molecule has 0 radical (unpaired) electrons. The average Bonchev–Trinajstić information content (AvgIpc) is 2.66. The third-order valence-electron chi connectivity index (χ3n) is 4.52. The highest BCUT2D eigenvalue weighted by atomic mass is 16.3. The van der Waals surface area contributed by atoms with Crippen molar-refractivity contribution in [3.63, 3.8) is 0 Å². The van der Waals surface area contributed by atoms with Crippen molar-refractivity contribution < 1.29 is 5.11 Å². The second-order valence-corrected chi connectivity index (χ2v) is 5.58.